The zero-order valence-corrected chi connectivity index (χ0v) is 6.84. The Morgan fingerprint density at radius 3 is 3.15 bits per heavy atom. The standard InChI is InChI=1S/C9H8N2O2/c12-5-7-1-2-11-4-8(6-13)10-9(11)3-7/h1-5,13H,6H2. The van der Waals surface area contributed by atoms with E-state index in [1.165, 1.54) is 0 Å². The Hall–Kier alpha value is -1.68. The molecule has 0 radical (unpaired) electrons. The molecule has 13 heavy (non-hydrogen) atoms. The molecular formula is C9H8N2O2. The Morgan fingerprint density at radius 1 is 1.62 bits per heavy atom. The zero-order valence-electron chi connectivity index (χ0n) is 6.84. The van der Waals surface area contributed by atoms with Crippen molar-refractivity contribution in [1.29, 1.82) is 0 Å². The molecule has 0 aliphatic heterocycles. The first kappa shape index (κ1) is 7.94. The minimum absolute atomic E-state index is 0.0852. The lowest BCUT2D eigenvalue weighted by Crippen LogP contribution is -1.85. The average Bonchev–Trinajstić information content (AvgIpc) is 2.58. The minimum Gasteiger partial charge on any atom is -0.390 e. The first-order valence-electron chi connectivity index (χ1n) is 3.87. The molecule has 2 rings (SSSR count). The molecule has 0 amide bonds. The second-order valence-electron chi connectivity index (χ2n) is 2.73. The molecule has 0 saturated carbocycles. The van der Waals surface area contributed by atoms with Crippen LogP contribution in [0, 0.1) is 0 Å². The highest BCUT2D eigenvalue weighted by Gasteiger charge is 2.00. The summed E-state index contributed by atoms with van der Waals surface area (Å²) in [6, 6.07) is 3.37. The number of hydrogen-bond donors (Lipinski definition) is 1. The van der Waals surface area contributed by atoms with Crippen molar-refractivity contribution in [2.24, 2.45) is 0 Å². The van der Waals surface area contributed by atoms with Gasteiger partial charge in [0.15, 0.2) is 0 Å². The van der Waals surface area contributed by atoms with Gasteiger partial charge in [0.05, 0.1) is 12.3 Å². The van der Waals surface area contributed by atoms with Crippen LogP contribution in [0.4, 0.5) is 0 Å². The molecule has 0 atom stereocenters. The molecule has 2 aromatic rings. The minimum atomic E-state index is -0.0852. The normalized spacial score (nSPS) is 10.5. The Labute approximate surface area is 74.5 Å². The van der Waals surface area contributed by atoms with Crippen LogP contribution in [-0.4, -0.2) is 20.8 Å². The molecule has 2 heterocycles. The summed E-state index contributed by atoms with van der Waals surface area (Å²) in [5.74, 6) is 0. The third-order valence-electron chi connectivity index (χ3n) is 1.83. The number of aromatic nitrogens is 2. The molecule has 0 spiro atoms. The van der Waals surface area contributed by atoms with E-state index in [0.29, 0.717) is 16.9 Å². The number of carbonyl (C=O) groups is 1. The van der Waals surface area contributed by atoms with Gasteiger partial charge in [-0.3, -0.25) is 4.79 Å². The smallest absolute Gasteiger partial charge is 0.150 e. The number of rotatable bonds is 2. The predicted octanol–water partition coefficient (Wildman–Crippen LogP) is 0.639. The van der Waals surface area contributed by atoms with Gasteiger partial charge in [-0.25, -0.2) is 4.98 Å². The van der Waals surface area contributed by atoms with Crippen molar-refractivity contribution in [1.82, 2.24) is 9.38 Å². The number of aliphatic hydroxyl groups is 1. The fourth-order valence-corrected chi connectivity index (χ4v) is 1.20. The maximum atomic E-state index is 10.4. The molecule has 0 aliphatic rings. The van der Waals surface area contributed by atoms with E-state index in [0.717, 1.165) is 6.29 Å². The number of pyridine rings is 1. The summed E-state index contributed by atoms with van der Waals surface area (Å²) in [5.41, 5.74) is 1.86. The van der Waals surface area contributed by atoms with E-state index in [1.54, 1.807) is 28.9 Å². The van der Waals surface area contributed by atoms with Gasteiger partial charge < -0.3 is 9.51 Å². The van der Waals surface area contributed by atoms with Crippen LogP contribution in [0.15, 0.2) is 24.5 Å². The Balaban J connectivity index is 2.63. The fourth-order valence-electron chi connectivity index (χ4n) is 1.20. The highest BCUT2D eigenvalue weighted by atomic mass is 16.3. The SMILES string of the molecule is O=Cc1ccn2cc(CO)nc2c1. The van der Waals surface area contributed by atoms with Crippen molar-refractivity contribution in [3.8, 4) is 0 Å². The third kappa shape index (κ3) is 1.31. The third-order valence-corrected chi connectivity index (χ3v) is 1.83. The summed E-state index contributed by atoms with van der Waals surface area (Å²) in [6.07, 6.45) is 4.24. The van der Waals surface area contributed by atoms with E-state index in [-0.39, 0.29) is 6.61 Å². The quantitative estimate of drug-likeness (QED) is 0.683. The van der Waals surface area contributed by atoms with Gasteiger partial charge in [0, 0.05) is 18.0 Å². The van der Waals surface area contributed by atoms with Gasteiger partial charge in [0.2, 0.25) is 0 Å². The zero-order chi connectivity index (χ0) is 9.26. The number of nitrogens with zero attached hydrogens (tertiary/aromatic N) is 2. The van der Waals surface area contributed by atoms with Crippen LogP contribution in [0.1, 0.15) is 16.1 Å². The molecule has 4 nitrogen and oxygen atoms in total. The van der Waals surface area contributed by atoms with Gasteiger partial charge in [-0.15, -0.1) is 0 Å². The van der Waals surface area contributed by atoms with Crippen LogP contribution < -0.4 is 0 Å². The van der Waals surface area contributed by atoms with Crippen LogP contribution in [0.25, 0.3) is 5.65 Å². The monoisotopic (exact) mass is 176 g/mol. The lowest BCUT2D eigenvalue weighted by molar-refractivity contribution is 0.112. The van der Waals surface area contributed by atoms with Gasteiger partial charge in [0.1, 0.15) is 11.9 Å². The first-order chi connectivity index (χ1) is 6.33. The van der Waals surface area contributed by atoms with Crippen molar-refractivity contribution < 1.29 is 9.90 Å². The highest BCUT2D eigenvalue weighted by molar-refractivity contribution is 5.76. The number of aliphatic hydroxyl groups excluding tert-OH is 1. The number of hydrogen-bond acceptors (Lipinski definition) is 3. The number of carbonyl (C=O) groups excluding carboxylic acids is 1. The molecule has 0 bridgehead atoms. The molecule has 2 aromatic heterocycles. The summed E-state index contributed by atoms with van der Waals surface area (Å²) in [7, 11) is 0. The van der Waals surface area contributed by atoms with E-state index in [4.69, 9.17) is 5.11 Å². The lowest BCUT2D eigenvalue weighted by Gasteiger charge is -1.91. The molecule has 0 fully saturated rings. The molecule has 66 valence electrons. The molecule has 0 saturated heterocycles. The number of imidazole rings is 1. The van der Waals surface area contributed by atoms with E-state index in [9.17, 15) is 4.79 Å². The van der Waals surface area contributed by atoms with Gasteiger partial charge in [0.25, 0.3) is 0 Å². The van der Waals surface area contributed by atoms with Crippen molar-refractivity contribution >= 4 is 11.9 Å². The van der Waals surface area contributed by atoms with Crippen LogP contribution in [0.2, 0.25) is 0 Å². The average molecular weight is 176 g/mol. The van der Waals surface area contributed by atoms with Gasteiger partial charge in [-0.1, -0.05) is 0 Å². The van der Waals surface area contributed by atoms with E-state index in [2.05, 4.69) is 4.98 Å². The Kier molecular flexibility index (Phi) is 1.83. The molecule has 1 N–H and O–H groups in total. The predicted molar refractivity (Wildman–Crippen MR) is 46.5 cm³/mol. The van der Waals surface area contributed by atoms with Crippen molar-refractivity contribution in [2.45, 2.75) is 6.61 Å². The van der Waals surface area contributed by atoms with E-state index in [1.807, 2.05) is 0 Å². The molecular weight excluding hydrogens is 168 g/mol. The van der Waals surface area contributed by atoms with Crippen molar-refractivity contribution in [2.75, 3.05) is 0 Å². The maximum absolute atomic E-state index is 10.4. The van der Waals surface area contributed by atoms with Gasteiger partial charge >= 0.3 is 0 Å². The molecule has 0 unspecified atom stereocenters. The van der Waals surface area contributed by atoms with E-state index >= 15 is 0 Å². The van der Waals surface area contributed by atoms with Crippen LogP contribution >= 0.6 is 0 Å². The molecule has 0 aliphatic carbocycles. The topological polar surface area (TPSA) is 54.6 Å². The van der Waals surface area contributed by atoms with Crippen LogP contribution in [-0.2, 0) is 6.61 Å². The van der Waals surface area contributed by atoms with Crippen LogP contribution in [0.5, 0.6) is 0 Å². The molecule has 0 aromatic carbocycles. The van der Waals surface area contributed by atoms with Gasteiger partial charge in [-0.05, 0) is 12.1 Å². The molecule has 4 heteroatoms. The Bertz CT molecular complexity index is 448. The summed E-state index contributed by atoms with van der Waals surface area (Å²) in [4.78, 5) is 14.5. The highest BCUT2D eigenvalue weighted by Crippen LogP contribution is 2.06. The second kappa shape index (κ2) is 2.99. The summed E-state index contributed by atoms with van der Waals surface area (Å²) in [5, 5.41) is 8.82. The number of fused-ring (bicyclic) bond motifs is 1. The Morgan fingerprint density at radius 2 is 2.46 bits per heavy atom. The second-order valence-corrected chi connectivity index (χ2v) is 2.73. The first-order valence-corrected chi connectivity index (χ1v) is 3.87. The largest absolute Gasteiger partial charge is 0.390 e. The lowest BCUT2D eigenvalue weighted by atomic mass is 10.3. The van der Waals surface area contributed by atoms with E-state index < -0.39 is 0 Å². The summed E-state index contributed by atoms with van der Waals surface area (Å²) >= 11 is 0. The summed E-state index contributed by atoms with van der Waals surface area (Å²) in [6.45, 7) is -0.0852. The summed E-state index contributed by atoms with van der Waals surface area (Å²) < 4.78 is 1.76. The fraction of sp³-hybridized carbons (Fsp3) is 0.111. The van der Waals surface area contributed by atoms with Crippen molar-refractivity contribution in [3.05, 3.63) is 35.8 Å². The van der Waals surface area contributed by atoms with Crippen LogP contribution in [0.3, 0.4) is 0 Å². The van der Waals surface area contributed by atoms with Crippen molar-refractivity contribution in [3.63, 3.8) is 0 Å². The van der Waals surface area contributed by atoms with Gasteiger partial charge in [-0.2, -0.15) is 0 Å². The maximum Gasteiger partial charge on any atom is 0.150 e. The number of aldehydes is 1.